The molecule has 1 saturated carbocycles. The Bertz CT molecular complexity index is 613. The van der Waals surface area contributed by atoms with Crippen molar-refractivity contribution in [2.24, 2.45) is 4.99 Å². The summed E-state index contributed by atoms with van der Waals surface area (Å²) in [5.41, 5.74) is 1.45. The van der Waals surface area contributed by atoms with Crippen LogP contribution in [0, 0.1) is 0 Å². The van der Waals surface area contributed by atoms with E-state index in [4.69, 9.17) is 0 Å². The number of aliphatic hydroxyl groups is 2. The molecule has 1 atom stereocenters. The monoisotopic (exact) mass is 313 g/mol. The fourth-order valence-corrected chi connectivity index (χ4v) is 3.40. The Hall–Kier alpha value is -1.94. The van der Waals surface area contributed by atoms with Crippen molar-refractivity contribution < 1.29 is 15.0 Å². The van der Waals surface area contributed by atoms with Crippen LogP contribution in [0.4, 0.5) is 0 Å². The topological polar surface area (TPSA) is 69.9 Å². The van der Waals surface area contributed by atoms with E-state index in [1.54, 1.807) is 6.21 Å². The fourth-order valence-electron chi connectivity index (χ4n) is 3.40. The summed E-state index contributed by atoms with van der Waals surface area (Å²) in [6.45, 7) is 0. The van der Waals surface area contributed by atoms with E-state index >= 15 is 0 Å². The average molecular weight is 313 g/mol. The lowest BCUT2D eigenvalue weighted by Gasteiger charge is -2.24. The summed E-state index contributed by atoms with van der Waals surface area (Å²) in [5, 5.41) is 19.8. The number of aliphatic imine (C=N–C) groups is 1. The molecule has 0 aliphatic heterocycles. The smallest absolute Gasteiger partial charge is 0.168 e. The van der Waals surface area contributed by atoms with Gasteiger partial charge in [-0.15, -0.1) is 0 Å². The number of rotatable bonds is 3. The number of nitrogens with zero attached hydrogens (tertiary/aromatic N) is 1. The Morgan fingerprint density at radius 1 is 1.04 bits per heavy atom. The lowest BCUT2D eigenvalue weighted by molar-refractivity contribution is -0.116. The second-order valence-corrected chi connectivity index (χ2v) is 6.54. The predicted octanol–water partition coefficient (Wildman–Crippen LogP) is 3.32. The van der Waals surface area contributed by atoms with Crippen LogP contribution in [0.25, 0.3) is 0 Å². The summed E-state index contributed by atoms with van der Waals surface area (Å²) < 4.78 is 0. The number of benzene rings is 1. The summed E-state index contributed by atoms with van der Waals surface area (Å²) in [6.07, 6.45) is 5.45. The molecule has 3 rings (SSSR count). The molecular formula is C19H23NO3. The van der Waals surface area contributed by atoms with Crippen LogP contribution < -0.4 is 0 Å². The van der Waals surface area contributed by atoms with Gasteiger partial charge in [-0.05, 0) is 37.2 Å². The summed E-state index contributed by atoms with van der Waals surface area (Å²) in [6, 6.07) is 10.0. The van der Waals surface area contributed by atoms with Crippen LogP contribution in [0.3, 0.4) is 0 Å². The highest BCUT2D eigenvalue weighted by molar-refractivity contribution is 6.14. The molecule has 2 N–H and O–H groups in total. The highest BCUT2D eigenvalue weighted by Crippen LogP contribution is 2.33. The maximum atomic E-state index is 12.4. The minimum atomic E-state index is -0.211. The molecule has 0 amide bonds. The van der Waals surface area contributed by atoms with Gasteiger partial charge < -0.3 is 10.2 Å². The molecule has 0 aromatic heterocycles. The molecule has 0 radical (unpaired) electrons. The summed E-state index contributed by atoms with van der Waals surface area (Å²) in [5.74, 6) is 0.155. The average Bonchev–Trinajstić information content (AvgIpc) is 2.56. The molecule has 2 aliphatic rings. The molecule has 1 aromatic rings. The number of ketones is 1. The van der Waals surface area contributed by atoms with Gasteiger partial charge in [0.15, 0.2) is 5.78 Å². The van der Waals surface area contributed by atoms with Crippen molar-refractivity contribution in [3.63, 3.8) is 0 Å². The van der Waals surface area contributed by atoms with Crippen LogP contribution in [0.15, 0.2) is 46.7 Å². The van der Waals surface area contributed by atoms with E-state index < -0.39 is 0 Å². The number of hydrogen-bond acceptors (Lipinski definition) is 4. The molecule has 1 aromatic carbocycles. The zero-order chi connectivity index (χ0) is 16.2. The molecule has 122 valence electrons. The molecule has 1 unspecified atom stereocenters. The van der Waals surface area contributed by atoms with Crippen molar-refractivity contribution >= 4 is 12.0 Å². The lowest BCUT2D eigenvalue weighted by atomic mass is 9.83. The van der Waals surface area contributed by atoms with E-state index in [9.17, 15) is 15.0 Å². The summed E-state index contributed by atoms with van der Waals surface area (Å²) in [7, 11) is 0. The maximum absolute atomic E-state index is 12.4. The van der Waals surface area contributed by atoms with Crippen LogP contribution in [-0.2, 0) is 4.79 Å². The van der Waals surface area contributed by atoms with Gasteiger partial charge in [-0.1, -0.05) is 30.3 Å². The van der Waals surface area contributed by atoms with Gasteiger partial charge >= 0.3 is 0 Å². The van der Waals surface area contributed by atoms with Gasteiger partial charge in [0.05, 0.1) is 17.7 Å². The van der Waals surface area contributed by atoms with Crippen molar-refractivity contribution in [3.8, 4) is 0 Å². The van der Waals surface area contributed by atoms with Crippen LogP contribution in [0.5, 0.6) is 0 Å². The molecule has 2 aliphatic carbocycles. The van der Waals surface area contributed by atoms with Gasteiger partial charge in [-0.25, -0.2) is 0 Å². The summed E-state index contributed by atoms with van der Waals surface area (Å²) in [4.78, 5) is 16.8. The molecule has 0 bridgehead atoms. The Morgan fingerprint density at radius 3 is 2.39 bits per heavy atom. The number of hydrogen-bond donors (Lipinski definition) is 2. The molecule has 23 heavy (non-hydrogen) atoms. The Kier molecular flexibility index (Phi) is 4.91. The normalized spacial score (nSPS) is 29.3. The van der Waals surface area contributed by atoms with Crippen molar-refractivity contribution in [2.75, 3.05) is 0 Å². The SMILES string of the molecule is O=C1CC(c2ccccc2)CC(O)=C1C=NC1CCC(O)CC1. The first-order valence-electron chi connectivity index (χ1n) is 8.35. The van der Waals surface area contributed by atoms with Crippen molar-refractivity contribution in [3.05, 3.63) is 47.2 Å². The number of Topliss-reactive ketones (excluding diaryl/α,β-unsaturated/α-hetero) is 1. The van der Waals surface area contributed by atoms with Gasteiger partial charge in [0.2, 0.25) is 0 Å². The molecule has 4 nitrogen and oxygen atoms in total. The third kappa shape index (κ3) is 3.88. The molecule has 1 fully saturated rings. The Morgan fingerprint density at radius 2 is 1.74 bits per heavy atom. The van der Waals surface area contributed by atoms with E-state index in [2.05, 4.69) is 4.99 Å². The minimum Gasteiger partial charge on any atom is -0.511 e. The number of carbonyl (C=O) groups is 1. The molecule has 0 spiro atoms. The van der Waals surface area contributed by atoms with Gasteiger partial charge in [0.1, 0.15) is 5.76 Å². The lowest BCUT2D eigenvalue weighted by Crippen LogP contribution is -2.22. The second-order valence-electron chi connectivity index (χ2n) is 6.54. The quantitative estimate of drug-likeness (QED) is 0.841. The summed E-state index contributed by atoms with van der Waals surface area (Å²) >= 11 is 0. The first-order chi connectivity index (χ1) is 11.1. The van der Waals surface area contributed by atoms with E-state index in [-0.39, 0.29) is 29.6 Å². The maximum Gasteiger partial charge on any atom is 0.168 e. The van der Waals surface area contributed by atoms with Crippen molar-refractivity contribution in [1.29, 1.82) is 0 Å². The molecule has 0 heterocycles. The van der Waals surface area contributed by atoms with Gasteiger partial charge in [0.25, 0.3) is 0 Å². The van der Waals surface area contributed by atoms with Gasteiger partial charge in [0, 0.05) is 19.1 Å². The molecule has 0 saturated heterocycles. The van der Waals surface area contributed by atoms with Crippen LogP contribution in [0.2, 0.25) is 0 Å². The molecular weight excluding hydrogens is 290 g/mol. The largest absolute Gasteiger partial charge is 0.511 e. The Balaban J connectivity index is 1.69. The zero-order valence-electron chi connectivity index (χ0n) is 13.2. The van der Waals surface area contributed by atoms with E-state index in [1.807, 2.05) is 30.3 Å². The Labute approximate surface area is 136 Å². The van der Waals surface area contributed by atoms with Crippen LogP contribution in [0.1, 0.15) is 50.0 Å². The van der Waals surface area contributed by atoms with E-state index in [0.717, 1.165) is 31.2 Å². The fraction of sp³-hybridized carbons (Fsp3) is 0.474. The van der Waals surface area contributed by atoms with E-state index in [1.165, 1.54) is 0 Å². The van der Waals surface area contributed by atoms with Crippen LogP contribution in [-0.4, -0.2) is 34.4 Å². The predicted molar refractivity (Wildman–Crippen MR) is 89.8 cm³/mol. The number of carbonyl (C=O) groups excluding carboxylic acids is 1. The third-order valence-electron chi connectivity index (χ3n) is 4.83. The van der Waals surface area contributed by atoms with E-state index in [0.29, 0.717) is 18.4 Å². The van der Waals surface area contributed by atoms with Gasteiger partial charge in [-0.3, -0.25) is 9.79 Å². The zero-order valence-corrected chi connectivity index (χ0v) is 13.2. The second kappa shape index (κ2) is 7.09. The number of aliphatic hydroxyl groups excluding tert-OH is 2. The standard InChI is InChI=1S/C19H23NO3/c21-16-8-6-15(7-9-16)20-12-17-18(22)10-14(11-19(17)23)13-4-2-1-3-5-13/h1-5,12,14-16,21-22H,6-11H2. The molecule has 4 heteroatoms. The highest BCUT2D eigenvalue weighted by Gasteiger charge is 2.28. The first-order valence-corrected chi connectivity index (χ1v) is 8.35. The van der Waals surface area contributed by atoms with Crippen molar-refractivity contribution in [1.82, 2.24) is 0 Å². The van der Waals surface area contributed by atoms with Crippen LogP contribution >= 0.6 is 0 Å². The van der Waals surface area contributed by atoms with Gasteiger partial charge in [-0.2, -0.15) is 0 Å². The third-order valence-corrected chi connectivity index (χ3v) is 4.83. The highest BCUT2D eigenvalue weighted by atomic mass is 16.3. The first kappa shape index (κ1) is 15.9. The van der Waals surface area contributed by atoms with Crippen molar-refractivity contribution in [2.45, 2.75) is 56.6 Å². The minimum absolute atomic E-state index is 0.0396. The number of allylic oxidation sites excluding steroid dienone is 2.